The van der Waals surface area contributed by atoms with Gasteiger partial charge in [0.1, 0.15) is 22.9 Å². The standard InChI is InChI=1S/C17H28N2O3.C17H18N2O2S.C4H9NOS/c1-3-4-5-6-12-22-13(2)17(21)19-11-7-8-15(19)16(20)18-14-9-10-14;1-9(2)13-8-22-17(19-13)12-7-14(20)11-5-6-15(21-4)10(3)16(11)18-12;1-4(2)7-5-3-6/h3,13-15H,1,4-12H2,2H3,(H,18,20);5-9H,1-4H3,(H,18,20);3-4H,1-2H3,(H,5,6)/t13-,15?;;/m1../s1. The van der Waals surface area contributed by atoms with E-state index in [9.17, 15) is 19.2 Å². The molecule has 280 valence electrons. The Morgan fingerprint density at radius 1 is 1.18 bits per heavy atom. The van der Waals surface area contributed by atoms with Crippen molar-refractivity contribution >= 4 is 52.4 Å². The zero-order valence-corrected chi connectivity index (χ0v) is 32.7. The van der Waals surface area contributed by atoms with Crippen LogP contribution in [0.2, 0.25) is 0 Å². The summed E-state index contributed by atoms with van der Waals surface area (Å²) in [6.45, 7) is 16.9. The Bertz CT molecular complexity index is 1650. The van der Waals surface area contributed by atoms with Crippen molar-refractivity contribution in [3.8, 4) is 16.5 Å². The number of amides is 3. The smallest absolute Gasteiger partial charge is 0.252 e. The molecule has 2 aliphatic rings. The number of ether oxygens (including phenoxy) is 2. The number of pyridine rings is 1. The van der Waals surface area contributed by atoms with Crippen LogP contribution in [0.25, 0.3) is 21.6 Å². The number of carbonyl (C=O) groups is 3. The lowest BCUT2D eigenvalue weighted by atomic mass is 10.1. The first-order valence-electron chi connectivity index (χ1n) is 17.8. The molecule has 3 aromatic rings. The number of hydrogen-bond acceptors (Lipinski definition) is 9. The Morgan fingerprint density at radius 3 is 2.51 bits per heavy atom. The lowest BCUT2D eigenvalue weighted by molar-refractivity contribution is -0.147. The number of nitrogens with zero attached hydrogens (tertiary/aromatic N) is 2. The van der Waals surface area contributed by atoms with Gasteiger partial charge >= 0.3 is 0 Å². The quantitative estimate of drug-likeness (QED) is 0.0661. The zero-order valence-electron chi connectivity index (χ0n) is 31.1. The normalized spacial score (nSPS) is 15.8. The predicted octanol–water partition coefficient (Wildman–Crippen LogP) is 6.90. The number of unbranched alkanes of at least 4 members (excludes halogenated alkanes) is 2. The molecule has 1 saturated carbocycles. The Hall–Kier alpha value is -3.68. The summed E-state index contributed by atoms with van der Waals surface area (Å²) < 4.78 is 13.4. The number of hydrogen-bond donors (Lipinski definition) is 3. The van der Waals surface area contributed by atoms with E-state index in [0.29, 0.717) is 42.2 Å². The molecule has 2 aromatic heterocycles. The van der Waals surface area contributed by atoms with Gasteiger partial charge in [0.15, 0.2) is 5.43 Å². The molecule has 2 fully saturated rings. The van der Waals surface area contributed by atoms with Crippen molar-refractivity contribution < 1.29 is 23.9 Å². The first-order valence-corrected chi connectivity index (χ1v) is 19.5. The molecule has 51 heavy (non-hydrogen) atoms. The van der Waals surface area contributed by atoms with Crippen LogP contribution < -0.4 is 20.2 Å². The van der Waals surface area contributed by atoms with Crippen molar-refractivity contribution in [3.05, 3.63) is 57.7 Å². The largest absolute Gasteiger partial charge is 0.496 e. The number of allylic oxidation sites excluding steroid dienone is 1. The summed E-state index contributed by atoms with van der Waals surface area (Å²) in [5.41, 5.74) is 3.53. The summed E-state index contributed by atoms with van der Waals surface area (Å²) >= 11 is 2.96. The van der Waals surface area contributed by atoms with Crippen LogP contribution in [0.5, 0.6) is 5.75 Å². The summed E-state index contributed by atoms with van der Waals surface area (Å²) in [7, 11) is 1.63. The van der Waals surface area contributed by atoms with E-state index >= 15 is 0 Å². The van der Waals surface area contributed by atoms with Gasteiger partial charge in [0.2, 0.25) is 12.3 Å². The molecule has 0 radical (unpaired) electrons. The zero-order chi connectivity index (χ0) is 37.5. The van der Waals surface area contributed by atoms with Gasteiger partial charge in [-0.2, -0.15) is 0 Å². The summed E-state index contributed by atoms with van der Waals surface area (Å²) in [5.74, 6) is 1.09. The molecule has 11 nitrogen and oxygen atoms in total. The average Bonchev–Trinajstić information content (AvgIpc) is 3.54. The fraction of sp³-hybridized carbons (Fsp3) is 0.553. The number of H-pyrrole nitrogens is 1. The number of thiazole rings is 1. The molecular weight excluding hydrogens is 687 g/mol. The van der Waals surface area contributed by atoms with Gasteiger partial charge in [-0.1, -0.05) is 33.8 Å². The van der Waals surface area contributed by atoms with Crippen LogP contribution in [0, 0.1) is 6.92 Å². The number of carbonyl (C=O) groups excluding carboxylic acids is 3. The highest BCUT2D eigenvalue weighted by molar-refractivity contribution is 7.98. The number of fused-ring (bicyclic) bond motifs is 1. The molecule has 1 aliphatic heterocycles. The fourth-order valence-electron chi connectivity index (χ4n) is 5.40. The summed E-state index contributed by atoms with van der Waals surface area (Å²) in [5, 5.41) is 7.03. The molecule has 1 aromatic carbocycles. The molecular formula is C38H55N5O6S2. The Labute approximate surface area is 310 Å². The molecule has 2 atom stereocenters. The summed E-state index contributed by atoms with van der Waals surface area (Å²) in [6.07, 6.45) is 8.81. The molecule has 1 aliphatic carbocycles. The second-order valence-electron chi connectivity index (χ2n) is 13.3. The second-order valence-corrected chi connectivity index (χ2v) is 15.5. The van der Waals surface area contributed by atoms with Crippen molar-refractivity contribution in [2.24, 2.45) is 0 Å². The molecule has 0 spiro atoms. The van der Waals surface area contributed by atoms with Crippen molar-refractivity contribution in [1.82, 2.24) is 24.9 Å². The van der Waals surface area contributed by atoms with E-state index in [0.717, 1.165) is 78.2 Å². The van der Waals surface area contributed by atoms with Crippen molar-refractivity contribution in [3.63, 3.8) is 0 Å². The van der Waals surface area contributed by atoms with E-state index < -0.39 is 6.10 Å². The monoisotopic (exact) mass is 741 g/mol. The molecule has 1 unspecified atom stereocenters. The van der Waals surface area contributed by atoms with E-state index in [1.54, 1.807) is 42.4 Å². The first kappa shape index (κ1) is 41.7. The maximum Gasteiger partial charge on any atom is 0.252 e. The van der Waals surface area contributed by atoms with Crippen LogP contribution in [0.15, 0.2) is 41.0 Å². The van der Waals surface area contributed by atoms with Crippen molar-refractivity contribution in [2.45, 2.75) is 116 Å². The highest BCUT2D eigenvalue weighted by Crippen LogP contribution is 2.29. The van der Waals surface area contributed by atoms with Gasteiger partial charge in [-0.15, -0.1) is 17.9 Å². The van der Waals surface area contributed by atoms with Gasteiger partial charge in [-0.25, -0.2) is 4.98 Å². The van der Waals surface area contributed by atoms with Gasteiger partial charge < -0.3 is 29.4 Å². The number of aromatic amines is 1. The highest BCUT2D eigenvalue weighted by Gasteiger charge is 2.38. The van der Waals surface area contributed by atoms with Crippen LogP contribution in [0.4, 0.5) is 0 Å². The maximum atomic E-state index is 12.5. The van der Waals surface area contributed by atoms with Crippen molar-refractivity contribution in [2.75, 3.05) is 20.3 Å². The van der Waals surface area contributed by atoms with Gasteiger partial charge in [0, 0.05) is 46.8 Å². The molecule has 0 bridgehead atoms. The van der Waals surface area contributed by atoms with Crippen LogP contribution in [0.3, 0.4) is 0 Å². The third kappa shape index (κ3) is 12.8. The number of likely N-dealkylation sites (tertiary alicyclic amines) is 1. The number of rotatable bonds is 15. The molecule has 1 saturated heterocycles. The Balaban J connectivity index is 0.000000233. The highest BCUT2D eigenvalue weighted by atomic mass is 32.2. The fourth-order valence-corrected chi connectivity index (χ4v) is 6.68. The van der Waals surface area contributed by atoms with Crippen LogP contribution in [-0.4, -0.2) is 76.8 Å². The van der Waals surface area contributed by atoms with Gasteiger partial charge in [-0.3, -0.25) is 19.2 Å². The molecule has 3 N–H and O–H groups in total. The third-order valence-electron chi connectivity index (χ3n) is 8.41. The SMILES string of the molecule is C=CCCCCO[C@H](C)C(=O)N1CCCC1C(=O)NC1CC1.CC(C)SNC=O.COc1ccc2c(=O)cc(-c3nc(C(C)C)cs3)[nH]c2c1C. The second kappa shape index (κ2) is 21.0. The Kier molecular flexibility index (Phi) is 17.2. The van der Waals surface area contributed by atoms with E-state index in [-0.39, 0.29) is 23.3 Å². The third-order valence-corrected chi connectivity index (χ3v) is 10.0. The van der Waals surface area contributed by atoms with Crippen LogP contribution >= 0.6 is 23.3 Å². The lowest BCUT2D eigenvalue weighted by Gasteiger charge is -2.26. The average molecular weight is 742 g/mol. The molecule has 13 heteroatoms. The van der Waals surface area contributed by atoms with E-state index in [1.807, 2.05) is 38.3 Å². The molecule has 5 rings (SSSR count). The summed E-state index contributed by atoms with van der Waals surface area (Å²) in [6, 6.07) is 5.28. The van der Waals surface area contributed by atoms with Gasteiger partial charge in [0.05, 0.1) is 24.0 Å². The van der Waals surface area contributed by atoms with Crippen LogP contribution in [0.1, 0.15) is 96.7 Å². The van der Waals surface area contributed by atoms with Crippen LogP contribution in [-0.2, 0) is 19.1 Å². The Morgan fingerprint density at radius 2 is 1.92 bits per heavy atom. The lowest BCUT2D eigenvalue weighted by Crippen LogP contribution is -2.49. The number of nitrogens with one attached hydrogen (secondary N) is 3. The van der Waals surface area contributed by atoms with Gasteiger partial charge in [0.25, 0.3) is 5.91 Å². The number of methoxy groups -OCH3 is 1. The minimum absolute atomic E-state index is 0.00389. The van der Waals surface area contributed by atoms with E-state index in [4.69, 9.17) is 9.47 Å². The predicted molar refractivity (Wildman–Crippen MR) is 208 cm³/mol. The number of benzene rings is 1. The first-order chi connectivity index (χ1) is 24.4. The molecule has 3 heterocycles. The maximum absolute atomic E-state index is 12.5. The molecule has 3 amide bonds. The minimum Gasteiger partial charge on any atom is -0.496 e. The minimum atomic E-state index is -0.474. The number of aryl methyl sites for hydroxylation is 1. The van der Waals surface area contributed by atoms with Gasteiger partial charge in [-0.05, 0) is 88.8 Å². The van der Waals surface area contributed by atoms with E-state index in [2.05, 4.69) is 40.4 Å². The topological polar surface area (TPSA) is 143 Å². The summed E-state index contributed by atoms with van der Waals surface area (Å²) in [4.78, 5) is 56.3. The van der Waals surface area contributed by atoms with E-state index in [1.165, 1.54) is 11.9 Å². The number of aromatic nitrogens is 2. The van der Waals surface area contributed by atoms with Crippen molar-refractivity contribution in [1.29, 1.82) is 0 Å².